The van der Waals surface area contributed by atoms with Crippen LogP contribution in [0.4, 0.5) is 4.79 Å². The molecule has 2 fully saturated rings. The number of carbonyl (C=O) groups excluding carboxylic acids is 3. The van der Waals surface area contributed by atoms with Gasteiger partial charge in [0.05, 0.1) is 20.2 Å². The molecule has 2 aliphatic heterocycles. The van der Waals surface area contributed by atoms with Crippen LogP contribution >= 0.6 is 11.6 Å². The summed E-state index contributed by atoms with van der Waals surface area (Å²) < 4.78 is 5.20. The fourth-order valence-corrected chi connectivity index (χ4v) is 5.14. The molecule has 9 nitrogen and oxygen atoms in total. The number of hydrogen-bond donors (Lipinski definition) is 1. The summed E-state index contributed by atoms with van der Waals surface area (Å²) >= 11 is 6.41. The second-order valence-corrected chi connectivity index (χ2v) is 10.2. The lowest BCUT2D eigenvalue weighted by Crippen LogP contribution is -2.75. The second-order valence-electron chi connectivity index (χ2n) is 9.77. The van der Waals surface area contributed by atoms with Gasteiger partial charge in [-0.3, -0.25) is 9.59 Å². The van der Waals surface area contributed by atoms with E-state index in [1.807, 2.05) is 49.4 Å². The van der Waals surface area contributed by atoms with Crippen molar-refractivity contribution < 1.29 is 19.1 Å². The molecule has 2 heterocycles. The molecule has 2 aliphatic rings. The minimum atomic E-state index is -0.703. The Morgan fingerprint density at radius 2 is 1.87 bits per heavy atom. The number of methoxy groups -OCH3 is 1. The fourth-order valence-electron chi connectivity index (χ4n) is 4.94. The predicted octanol–water partition coefficient (Wildman–Crippen LogP) is 3.64. The monoisotopic (exact) mass is 539 g/mol. The van der Waals surface area contributed by atoms with E-state index < -0.39 is 12.2 Å². The van der Waals surface area contributed by atoms with Crippen LogP contribution in [-0.2, 0) is 22.7 Å². The molecule has 2 saturated heterocycles. The van der Waals surface area contributed by atoms with E-state index in [1.165, 1.54) is 0 Å². The summed E-state index contributed by atoms with van der Waals surface area (Å²) in [5, 5.41) is 6.69. The van der Waals surface area contributed by atoms with Crippen LogP contribution in [-0.4, -0.2) is 77.1 Å². The number of halogens is 1. The lowest BCUT2D eigenvalue weighted by molar-refractivity contribution is -0.188. The molecule has 2 atom stereocenters. The number of amides is 4. The molecular weight excluding hydrogens is 506 g/mol. The van der Waals surface area contributed by atoms with Crippen molar-refractivity contribution in [3.05, 3.63) is 76.8 Å². The Labute approximate surface area is 228 Å². The Bertz CT molecular complexity index is 1200. The van der Waals surface area contributed by atoms with Crippen LogP contribution in [0.15, 0.2) is 60.7 Å². The van der Waals surface area contributed by atoms with E-state index in [0.29, 0.717) is 24.4 Å². The summed E-state index contributed by atoms with van der Waals surface area (Å²) in [5.41, 5.74) is 2.64. The third-order valence-electron chi connectivity index (χ3n) is 6.91. The van der Waals surface area contributed by atoms with Gasteiger partial charge in [0, 0.05) is 25.2 Å². The van der Waals surface area contributed by atoms with Crippen LogP contribution in [0.1, 0.15) is 30.9 Å². The molecule has 4 rings (SSSR count). The Morgan fingerprint density at radius 3 is 2.53 bits per heavy atom. The van der Waals surface area contributed by atoms with Crippen LogP contribution in [0.5, 0.6) is 5.75 Å². The largest absolute Gasteiger partial charge is 0.497 e. The molecule has 0 bridgehead atoms. The van der Waals surface area contributed by atoms with Crippen molar-refractivity contribution >= 4 is 29.4 Å². The number of ether oxygens (including phenoxy) is 1. The van der Waals surface area contributed by atoms with Crippen LogP contribution in [0.2, 0.25) is 5.02 Å². The van der Waals surface area contributed by atoms with E-state index in [9.17, 15) is 14.4 Å². The number of carbonyl (C=O) groups is 3. The molecule has 0 radical (unpaired) electrons. The molecule has 0 saturated carbocycles. The van der Waals surface area contributed by atoms with Gasteiger partial charge in [0.1, 0.15) is 18.0 Å². The first-order chi connectivity index (χ1) is 18.2. The Hall–Kier alpha value is -3.56. The number of likely N-dealkylation sites (N-methyl/N-ethyl adjacent to an activating group) is 1. The van der Waals surface area contributed by atoms with Gasteiger partial charge >= 0.3 is 6.03 Å². The topological polar surface area (TPSA) is 85.4 Å². The van der Waals surface area contributed by atoms with Crippen molar-refractivity contribution in [1.29, 1.82) is 0 Å². The number of hydrazine groups is 1. The first-order valence-electron chi connectivity index (χ1n) is 12.6. The van der Waals surface area contributed by atoms with E-state index in [2.05, 4.69) is 11.9 Å². The Balaban J connectivity index is 1.60. The van der Waals surface area contributed by atoms with Gasteiger partial charge in [-0.25, -0.2) is 14.8 Å². The second kappa shape index (κ2) is 11.9. The zero-order valence-electron chi connectivity index (χ0n) is 22.0. The van der Waals surface area contributed by atoms with Gasteiger partial charge in [-0.1, -0.05) is 47.5 Å². The molecule has 1 N–H and O–H groups in total. The smallest absolute Gasteiger partial charge is 0.334 e. The van der Waals surface area contributed by atoms with E-state index in [-0.39, 0.29) is 37.5 Å². The van der Waals surface area contributed by atoms with Crippen molar-refractivity contribution in [1.82, 2.24) is 25.1 Å². The molecule has 10 heteroatoms. The molecule has 202 valence electrons. The van der Waals surface area contributed by atoms with E-state index in [0.717, 1.165) is 22.4 Å². The number of allylic oxidation sites excluding steroid dienone is 1. The molecule has 2 aromatic carbocycles. The molecule has 0 aromatic heterocycles. The maximum absolute atomic E-state index is 13.7. The SMILES string of the molecule is C=C(C)CC[C@H]1C(=O)N(Cc2ccccc2Cl)C[C@H]2N1C(=O)CN(C)N2C(=O)NCc1ccc(OC)cc1. The zero-order valence-corrected chi connectivity index (χ0v) is 22.8. The maximum Gasteiger partial charge on any atom is 0.334 e. The number of benzene rings is 2. The van der Waals surface area contributed by atoms with Crippen LogP contribution in [0, 0.1) is 0 Å². The highest BCUT2D eigenvalue weighted by molar-refractivity contribution is 6.31. The standard InChI is InChI=1S/C28H34ClN5O4/c1-19(2)9-14-24-27(36)32(16-21-7-5-6-8-23(21)29)17-25-33(24)26(35)18-31(3)34(25)28(37)30-15-20-10-12-22(38-4)13-11-20/h5-8,10-13,24-25H,1,9,14-18H2,2-4H3,(H,30,37)/t24-,25-/m0/s1. The van der Waals surface area contributed by atoms with Gasteiger partial charge < -0.3 is 19.9 Å². The quantitative estimate of drug-likeness (QED) is 0.518. The lowest BCUT2D eigenvalue weighted by Gasteiger charge is -2.54. The summed E-state index contributed by atoms with van der Waals surface area (Å²) in [7, 11) is 3.31. The van der Waals surface area contributed by atoms with Gasteiger partial charge in [0.2, 0.25) is 11.8 Å². The highest BCUT2D eigenvalue weighted by atomic mass is 35.5. The lowest BCUT2D eigenvalue weighted by atomic mass is 9.99. The van der Waals surface area contributed by atoms with Gasteiger partial charge in [0.15, 0.2) is 0 Å². The molecule has 2 aromatic rings. The maximum atomic E-state index is 13.7. The van der Waals surface area contributed by atoms with Crippen LogP contribution in [0.25, 0.3) is 0 Å². The average Bonchev–Trinajstić information content (AvgIpc) is 2.89. The Kier molecular flexibility index (Phi) is 8.58. The van der Waals surface area contributed by atoms with Gasteiger partial charge in [0.25, 0.3) is 0 Å². The summed E-state index contributed by atoms with van der Waals surface area (Å²) in [6.45, 7) is 6.61. The van der Waals surface area contributed by atoms with Crippen molar-refractivity contribution in [3.8, 4) is 5.75 Å². The van der Waals surface area contributed by atoms with E-state index in [1.54, 1.807) is 40.0 Å². The summed E-state index contributed by atoms with van der Waals surface area (Å²) in [4.78, 5) is 43.8. The number of nitrogens with zero attached hydrogens (tertiary/aromatic N) is 4. The third-order valence-corrected chi connectivity index (χ3v) is 7.28. The first-order valence-corrected chi connectivity index (χ1v) is 13.0. The normalized spacial score (nSPS) is 19.8. The molecule has 0 aliphatic carbocycles. The first kappa shape index (κ1) is 27.5. The third kappa shape index (κ3) is 5.95. The number of piperazine rings is 1. The zero-order chi connectivity index (χ0) is 27.4. The number of urea groups is 1. The molecule has 38 heavy (non-hydrogen) atoms. The molecule has 0 unspecified atom stereocenters. The molecule has 0 spiro atoms. The average molecular weight is 540 g/mol. The highest BCUT2D eigenvalue weighted by Crippen LogP contribution is 2.30. The minimum Gasteiger partial charge on any atom is -0.497 e. The number of fused-ring (bicyclic) bond motifs is 1. The van der Waals surface area contributed by atoms with Crippen LogP contribution in [0.3, 0.4) is 0 Å². The van der Waals surface area contributed by atoms with Gasteiger partial charge in [-0.05, 0) is 49.1 Å². The van der Waals surface area contributed by atoms with Crippen LogP contribution < -0.4 is 10.1 Å². The van der Waals surface area contributed by atoms with Crippen molar-refractivity contribution in [2.24, 2.45) is 0 Å². The minimum absolute atomic E-state index is 0.00613. The van der Waals surface area contributed by atoms with Gasteiger partial charge in [-0.2, -0.15) is 0 Å². The summed E-state index contributed by atoms with van der Waals surface area (Å²) in [6, 6.07) is 13.8. The summed E-state index contributed by atoms with van der Waals surface area (Å²) in [5.74, 6) is 0.393. The van der Waals surface area contributed by atoms with E-state index in [4.69, 9.17) is 16.3 Å². The highest BCUT2D eigenvalue weighted by Gasteiger charge is 2.50. The van der Waals surface area contributed by atoms with E-state index >= 15 is 0 Å². The predicted molar refractivity (Wildman–Crippen MR) is 145 cm³/mol. The molecular formula is C28H34ClN5O4. The fraction of sp³-hybridized carbons (Fsp3) is 0.393. The molecule has 4 amide bonds. The van der Waals surface area contributed by atoms with Crippen molar-refractivity contribution in [3.63, 3.8) is 0 Å². The Morgan fingerprint density at radius 1 is 1.16 bits per heavy atom. The van der Waals surface area contributed by atoms with Crippen molar-refractivity contribution in [2.45, 2.75) is 45.1 Å². The van der Waals surface area contributed by atoms with Gasteiger partial charge in [-0.15, -0.1) is 6.58 Å². The van der Waals surface area contributed by atoms with Crippen molar-refractivity contribution in [2.75, 3.05) is 27.2 Å². The number of nitrogens with one attached hydrogen (secondary N) is 1. The number of rotatable bonds is 8. The summed E-state index contributed by atoms with van der Waals surface area (Å²) in [6.07, 6.45) is 0.361. The number of hydrogen-bond acceptors (Lipinski definition) is 5.